The third-order valence-electron chi connectivity index (χ3n) is 6.55. The summed E-state index contributed by atoms with van der Waals surface area (Å²) in [6, 6.07) is 17.1. The van der Waals surface area contributed by atoms with E-state index in [1.165, 1.54) is 0 Å². The number of para-hydroxylation sites is 1. The second-order valence-corrected chi connectivity index (χ2v) is 9.45. The standard InChI is InChI=1S/C27H29ClN6O/c1-3-7-19(2)24-30-25(23-18-29-34(26(23)31-24)22-8-5-4-6-9-22)32-14-16-33(17-15-32)27(35)20-10-12-21(28)13-11-20/h4-6,8-13,18-19H,3,7,14-17H2,1-2H3/t19-/m0/s1. The number of hydrogen-bond donors (Lipinski definition) is 0. The van der Waals surface area contributed by atoms with Crippen molar-refractivity contribution in [2.45, 2.75) is 32.6 Å². The second-order valence-electron chi connectivity index (χ2n) is 9.01. The smallest absolute Gasteiger partial charge is 0.253 e. The minimum Gasteiger partial charge on any atom is -0.352 e. The molecule has 8 heteroatoms. The highest BCUT2D eigenvalue weighted by Gasteiger charge is 2.26. The molecule has 0 saturated carbocycles. The van der Waals surface area contributed by atoms with Gasteiger partial charge in [-0.3, -0.25) is 4.79 Å². The van der Waals surface area contributed by atoms with Gasteiger partial charge in [0.25, 0.3) is 5.91 Å². The molecule has 0 aliphatic carbocycles. The maximum atomic E-state index is 13.0. The number of fused-ring (bicyclic) bond motifs is 1. The fourth-order valence-corrected chi connectivity index (χ4v) is 4.71. The lowest BCUT2D eigenvalue weighted by Crippen LogP contribution is -2.49. The molecule has 2 aromatic carbocycles. The van der Waals surface area contributed by atoms with Crippen LogP contribution in [0.3, 0.4) is 0 Å². The minimum absolute atomic E-state index is 0.0308. The van der Waals surface area contributed by atoms with Crippen molar-refractivity contribution in [1.82, 2.24) is 24.6 Å². The Hall–Kier alpha value is -3.45. The summed E-state index contributed by atoms with van der Waals surface area (Å²) in [6.45, 7) is 7.01. The molecule has 1 aliphatic heterocycles. The van der Waals surface area contributed by atoms with Crippen LogP contribution in [0.5, 0.6) is 0 Å². The van der Waals surface area contributed by atoms with Crippen LogP contribution in [0.2, 0.25) is 5.02 Å². The Labute approximate surface area is 210 Å². The second kappa shape index (κ2) is 10.0. The van der Waals surface area contributed by atoms with E-state index in [1.807, 2.05) is 46.1 Å². The van der Waals surface area contributed by atoms with E-state index in [1.54, 1.807) is 24.3 Å². The van der Waals surface area contributed by atoms with E-state index in [9.17, 15) is 4.79 Å². The number of carbonyl (C=O) groups excluding carboxylic acids is 1. The summed E-state index contributed by atoms with van der Waals surface area (Å²) in [5, 5.41) is 6.23. The van der Waals surface area contributed by atoms with Gasteiger partial charge in [0.1, 0.15) is 11.6 Å². The summed E-state index contributed by atoms with van der Waals surface area (Å²) in [6.07, 6.45) is 3.95. The molecule has 0 N–H and O–H groups in total. The van der Waals surface area contributed by atoms with Crippen molar-refractivity contribution in [1.29, 1.82) is 0 Å². The first kappa shape index (κ1) is 23.3. The van der Waals surface area contributed by atoms with Crippen LogP contribution in [-0.2, 0) is 0 Å². The molecular weight excluding hydrogens is 460 g/mol. The predicted molar refractivity (Wildman–Crippen MR) is 140 cm³/mol. The molecule has 1 aliphatic rings. The Morgan fingerprint density at radius 2 is 1.71 bits per heavy atom. The maximum absolute atomic E-state index is 13.0. The number of hydrogen-bond acceptors (Lipinski definition) is 5. The minimum atomic E-state index is 0.0308. The van der Waals surface area contributed by atoms with Crippen molar-refractivity contribution in [3.8, 4) is 5.69 Å². The Kier molecular flexibility index (Phi) is 6.68. The number of anilines is 1. The van der Waals surface area contributed by atoms with Crippen molar-refractivity contribution in [2.24, 2.45) is 0 Å². The fourth-order valence-electron chi connectivity index (χ4n) is 4.59. The summed E-state index contributed by atoms with van der Waals surface area (Å²) in [5.74, 6) is 2.01. The van der Waals surface area contributed by atoms with Gasteiger partial charge in [0.2, 0.25) is 0 Å². The zero-order chi connectivity index (χ0) is 24.4. The lowest BCUT2D eigenvalue weighted by Gasteiger charge is -2.36. The predicted octanol–water partition coefficient (Wildman–Crippen LogP) is 5.33. The maximum Gasteiger partial charge on any atom is 0.253 e. The lowest BCUT2D eigenvalue weighted by molar-refractivity contribution is 0.0746. The number of benzene rings is 2. The summed E-state index contributed by atoms with van der Waals surface area (Å²) in [4.78, 5) is 27.1. The van der Waals surface area contributed by atoms with Gasteiger partial charge < -0.3 is 9.80 Å². The molecule has 1 fully saturated rings. The number of nitrogens with zero attached hydrogens (tertiary/aromatic N) is 6. The number of aromatic nitrogens is 4. The van der Waals surface area contributed by atoms with Gasteiger partial charge in [-0.25, -0.2) is 14.6 Å². The molecule has 0 spiro atoms. The van der Waals surface area contributed by atoms with E-state index in [-0.39, 0.29) is 11.8 Å². The van der Waals surface area contributed by atoms with E-state index in [4.69, 9.17) is 21.6 Å². The van der Waals surface area contributed by atoms with Gasteiger partial charge in [0, 0.05) is 42.7 Å². The highest BCUT2D eigenvalue weighted by Crippen LogP contribution is 2.30. The van der Waals surface area contributed by atoms with Crippen LogP contribution in [0, 0.1) is 0 Å². The van der Waals surface area contributed by atoms with Gasteiger partial charge in [0.05, 0.1) is 17.3 Å². The fraction of sp³-hybridized carbons (Fsp3) is 0.333. The van der Waals surface area contributed by atoms with Gasteiger partial charge in [-0.05, 0) is 42.8 Å². The largest absolute Gasteiger partial charge is 0.352 e. The van der Waals surface area contributed by atoms with Crippen LogP contribution in [0.1, 0.15) is 48.8 Å². The normalized spacial score (nSPS) is 14.9. The molecule has 1 atom stereocenters. The van der Waals surface area contributed by atoms with Gasteiger partial charge in [-0.15, -0.1) is 0 Å². The van der Waals surface area contributed by atoms with E-state index in [0.717, 1.165) is 41.2 Å². The molecule has 1 amide bonds. The monoisotopic (exact) mass is 488 g/mol. The SMILES string of the molecule is CCC[C@H](C)c1nc(N2CCN(C(=O)c3ccc(Cl)cc3)CC2)c2cnn(-c3ccccc3)c2n1. The molecule has 7 nitrogen and oxygen atoms in total. The molecule has 4 aromatic rings. The zero-order valence-electron chi connectivity index (χ0n) is 20.1. The molecule has 0 unspecified atom stereocenters. The summed E-state index contributed by atoms with van der Waals surface area (Å²) in [5.41, 5.74) is 2.45. The molecule has 5 rings (SSSR count). The lowest BCUT2D eigenvalue weighted by atomic mass is 10.1. The Morgan fingerprint density at radius 1 is 1.00 bits per heavy atom. The number of carbonyl (C=O) groups is 1. The first-order valence-electron chi connectivity index (χ1n) is 12.2. The van der Waals surface area contributed by atoms with E-state index < -0.39 is 0 Å². The molecule has 0 radical (unpaired) electrons. The topological polar surface area (TPSA) is 67.2 Å². The summed E-state index contributed by atoms with van der Waals surface area (Å²) in [7, 11) is 0. The quantitative estimate of drug-likeness (QED) is 0.366. The Morgan fingerprint density at radius 3 is 2.40 bits per heavy atom. The highest BCUT2D eigenvalue weighted by molar-refractivity contribution is 6.30. The number of piperazine rings is 1. The van der Waals surface area contributed by atoms with Crippen LogP contribution in [0.15, 0.2) is 60.8 Å². The first-order chi connectivity index (χ1) is 17.0. The third-order valence-corrected chi connectivity index (χ3v) is 6.80. The molecule has 1 saturated heterocycles. The molecule has 0 bridgehead atoms. The van der Waals surface area contributed by atoms with Crippen LogP contribution in [-0.4, -0.2) is 56.7 Å². The zero-order valence-corrected chi connectivity index (χ0v) is 20.8. The van der Waals surface area contributed by atoms with E-state index in [2.05, 4.69) is 23.8 Å². The summed E-state index contributed by atoms with van der Waals surface area (Å²) < 4.78 is 1.89. The Bertz CT molecular complexity index is 1310. The van der Waals surface area contributed by atoms with E-state index >= 15 is 0 Å². The average molecular weight is 489 g/mol. The van der Waals surface area contributed by atoms with Crippen LogP contribution >= 0.6 is 11.6 Å². The third kappa shape index (κ3) is 4.73. The molecule has 180 valence electrons. The van der Waals surface area contributed by atoms with Crippen LogP contribution in [0.4, 0.5) is 5.82 Å². The van der Waals surface area contributed by atoms with Crippen molar-refractivity contribution >= 4 is 34.4 Å². The van der Waals surface area contributed by atoms with Crippen molar-refractivity contribution in [3.05, 3.63) is 77.2 Å². The average Bonchev–Trinajstić information content (AvgIpc) is 3.33. The van der Waals surface area contributed by atoms with E-state index in [0.29, 0.717) is 36.8 Å². The molecule has 3 heterocycles. The molecular formula is C27H29ClN6O. The van der Waals surface area contributed by atoms with Gasteiger partial charge >= 0.3 is 0 Å². The van der Waals surface area contributed by atoms with Crippen LogP contribution < -0.4 is 4.90 Å². The van der Waals surface area contributed by atoms with Crippen molar-refractivity contribution < 1.29 is 4.79 Å². The number of halogens is 1. The van der Waals surface area contributed by atoms with Gasteiger partial charge in [-0.2, -0.15) is 5.10 Å². The first-order valence-corrected chi connectivity index (χ1v) is 12.5. The van der Waals surface area contributed by atoms with Gasteiger partial charge in [-0.1, -0.05) is 50.1 Å². The molecule has 2 aromatic heterocycles. The van der Waals surface area contributed by atoms with Crippen molar-refractivity contribution in [3.63, 3.8) is 0 Å². The van der Waals surface area contributed by atoms with Gasteiger partial charge in [0.15, 0.2) is 5.65 Å². The van der Waals surface area contributed by atoms with Crippen molar-refractivity contribution in [2.75, 3.05) is 31.1 Å². The Balaban J connectivity index is 1.45. The highest BCUT2D eigenvalue weighted by atomic mass is 35.5. The molecule has 35 heavy (non-hydrogen) atoms. The summed E-state index contributed by atoms with van der Waals surface area (Å²) >= 11 is 5.98. The number of rotatable bonds is 6. The number of amides is 1. The van der Waals surface area contributed by atoms with Crippen LogP contribution in [0.25, 0.3) is 16.7 Å².